The number of rotatable bonds is 1. The molecule has 1 aromatic heterocycles. The Kier molecular flexibility index (Phi) is 3.39. The van der Waals surface area contributed by atoms with Gasteiger partial charge < -0.3 is 0 Å². The van der Waals surface area contributed by atoms with Crippen molar-refractivity contribution in [2.75, 3.05) is 0 Å². The quantitative estimate of drug-likeness (QED) is 0.590. The van der Waals surface area contributed by atoms with Crippen LogP contribution >= 0.6 is 34.2 Å². The van der Waals surface area contributed by atoms with Crippen LogP contribution in [0, 0.1) is 15.0 Å². The molecule has 0 saturated heterocycles. The van der Waals surface area contributed by atoms with E-state index < -0.39 is 6.43 Å². The fourth-order valence-electron chi connectivity index (χ4n) is 0.733. The van der Waals surface area contributed by atoms with Gasteiger partial charge in [-0.1, -0.05) is 11.6 Å². The van der Waals surface area contributed by atoms with Gasteiger partial charge in [0.1, 0.15) is 15.5 Å². The lowest BCUT2D eigenvalue weighted by Crippen LogP contribution is -1.95. The van der Waals surface area contributed by atoms with Crippen LogP contribution in [0.5, 0.6) is 0 Å². The maximum atomic E-state index is 12.3. The Morgan fingerprint density at radius 1 is 1.62 bits per heavy atom. The zero-order valence-corrected chi connectivity index (χ0v) is 8.97. The highest BCUT2D eigenvalue weighted by Gasteiger charge is 2.16. The Morgan fingerprint density at radius 2 is 2.23 bits per heavy atom. The predicted octanol–water partition coefficient (Wildman–Crippen LogP) is 3.15. The van der Waals surface area contributed by atoms with Crippen LogP contribution in [0.3, 0.4) is 0 Å². The normalized spacial score (nSPS) is 10.2. The molecular weight excluding hydrogens is 312 g/mol. The van der Waals surface area contributed by atoms with Crippen LogP contribution in [0.2, 0.25) is 5.02 Å². The van der Waals surface area contributed by atoms with Gasteiger partial charge in [0.05, 0.1) is 5.02 Å². The van der Waals surface area contributed by atoms with Crippen molar-refractivity contribution in [1.29, 1.82) is 5.26 Å². The highest BCUT2D eigenvalue weighted by atomic mass is 127. The second-order valence-electron chi connectivity index (χ2n) is 2.11. The summed E-state index contributed by atoms with van der Waals surface area (Å²) in [6.07, 6.45) is -2.68. The van der Waals surface area contributed by atoms with E-state index in [0.29, 0.717) is 0 Å². The zero-order valence-electron chi connectivity index (χ0n) is 6.06. The van der Waals surface area contributed by atoms with Gasteiger partial charge in [-0.05, 0) is 28.7 Å². The smallest absolute Gasteiger partial charge is 0.230 e. The second kappa shape index (κ2) is 4.15. The van der Waals surface area contributed by atoms with Crippen LogP contribution < -0.4 is 0 Å². The molecule has 0 unspecified atom stereocenters. The summed E-state index contributed by atoms with van der Waals surface area (Å²) >= 11 is 7.26. The SMILES string of the molecule is N#Cc1cc(C(F)F)c(Cl)c(I)n1. The lowest BCUT2D eigenvalue weighted by Gasteiger charge is -2.04. The van der Waals surface area contributed by atoms with Crippen LogP contribution in [0.1, 0.15) is 17.7 Å². The van der Waals surface area contributed by atoms with Crippen molar-refractivity contribution in [1.82, 2.24) is 4.98 Å². The molecule has 0 aliphatic rings. The fraction of sp³-hybridized carbons (Fsp3) is 0.143. The van der Waals surface area contributed by atoms with E-state index in [1.165, 1.54) is 0 Å². The molecular formula is C7H2ClF2IN2. The number of nitriles is 1. The van der Waals surface area contributed by atoms with Gasteiger partial charge in [-0.25, -0.2) is 13.8 Å². The topological polar surface area (TPSA) is 36.7 Å². The van der Waals surface area contributed by atoms with Crippen molar-refractivity contribution in [3.8, 4) is 6.07 Å². The number of hydrogen-bond donors (Lipinski definition) is 0. The number of halogens is 4. The van der Waals surface area contributed by atoms with Crippen molar-refractivity contribution >= 4 is 34.2 Å². The summed E-state index contributed by atoms with van der Waals surface area (Å²) in [5, 5.41) is 8.37. The molecule has 0 saturated carbocycles. The Morgan fingerprint density at radius 3 is 2.69 bits per heavy atom. The molecule has 0 fully saturated rings. The average Bonchev–Trinajstić information content (AvgIpc) is 2.09. The van der Waals surface area contributed by atoms with Crippen molar-refractivity contribution in [3.05, 3.63) is 26.0 Å². The number of aromatic nitrogens is 1. The highest BCUT2D eigenvalue weighted by molar-refractivity contribution is 14.1. The molecule has 1 rings (SSSR count). The summed E-state index contributed by atoms with van der Waals surface area (Å²) in [5.41, 5.74) is -0.401. The molecule has 0 spiro atoms. The van der Waals surface area contributed by atoms with Gasteiger partial charge in [0.2, 0.25) is 0 Å². The fourth-order valence-corrected chi connectivity index (χ4v) is 1.48. The molecule has 0 radical (unpaired) electrons. The van der Waals surface area contributed by atoms with Crippen molar-refractivity contribution in [3.63, 3.8) is 0 Å². The first-order valence-corrected chi connectivity index (χ1v) is 4.56. The van der Waals surface area contributed by atoms with E-state index in [0.717, 1.165) is 6.07 Å². The number of nitrogens with zero attached hydrogens (tertiary/aromatic N) is 2. The van der Waals surface area contributed by atoms with Crippen molar-refractivity contribution in [2.24, 2.45) is 0 Å². The summed E-state index contributed by atoms with van der Waals surface area (Å²) in [4.78, 5) is 3.69. The van der Waals surface area contributed by atoms with Crippen LogP contribution in [-0.4, -0.2) is 4.98 Å². The first-order chi connectivity index (χ1) is 6.06. The lowest BCUT2D eigenvalue weighted by molar-refractivity contribution is 0.151. The Hall–Kier alpha value is -0.480. The third-order valence-corrected chi connectivity index (χ3v) is 2.79. The molecule has 0 amide bonds. The monoisotopic (exact) mass is 314 g/mol. The molecule has 13 heavy (non-hydrogen) atoms. The van der Waals surface area contributed by atoms with Gasteiger partial charge >= 0.3 is 0 Å². The molecule has 0 N–H and O–H groups in total. The Labute approximate surface area is 91.7 Å². The van der Waals surface area contributed by atoms with Gasteiger partial charge in [0, 0.05) is 5.56 Å². The standard InChI is InChI=1S/C7H2ClF2IN2/c8-5-4(6(9)10)1-3(2-12)13-7(5)11/h1,6H. The van der Waals surface area contributed by atoms with E-state index >= 15 is 0 Å². The van der Waals surface area contributed by atoms with Crippen LogP contribution in [0.4, 0.5) is 8.78 Å². The molecule has 0 aliphatic carbocycles. The minimum absolute atomic E-state index is 0.0518. The Balaban J connectivity index is 3.35. The van der Waals surface area contributed by atoms with E-state index in [1.807, 2.05) is 0 Å². The average molecular weight is 314 g/mol. The van der Waals surface area contributed by atoms with E-state index in [1.54, 1.807) is 28.7 Å². The van der Waals surface area contributed by atoms with Crippen molar-refractivity contribution < 1.29 is 8.78 Å². The Bertz CT molecular complexity index is 375. The summed E-state index contributed by atoms with van der Waals surface area (Å²) < 4.78 is 24.8. The van der Waals surface area contributed by atoms with Gasteiger partial charge in [-0.3, -0.25) is 0 Å². The number of pyridine rings is 1. The van der Waals surface area contributed by atoms with E-state index in [9.17, 15) is 8.78 Å². The predicted molar refractivity (Wildman–Crippen MR) is 51.6 cm³/mol. The van der Waals surface area contributed by atoms with Gasteiger partial charge in [0.15, 0.2) is 0 Å². The number of hydrogen-bond acceptors (Lipinski definition) is 2. The third-order valence-electron chi connectivity index (χ3n) is 1.30. The minimum Gasteiger partial charge on any atom is -0.230 e. The largest absolute Gasteiger partial charge is 0.265 e. The maximum absolute atomic E-state index is 12.3. The molecule has 0 bridgehead atoms. The van der Waals surface area contributed by atoms with E-state index in [2.05, 4.69) is 4.98 Å². The molecule has 68 valence electrons. The lowest BCUT2D eigenvalue weighted by atomic mass is 10.2. The van der Waals surface area contributed by atoms with Gasteiger partial charge in [0.25, 0.3) is 6.43 Å². The first kappa shape index (κ1) is 10.6. The maximum Gasteiger partial charge on any atom is 0.265 e. The molecule has 2 nitrogen and oxygen atoms in total. The van der Waals surface area contributed by atoms with Crippen LogP contribution in [0.15, 0.2) is 6.07 Å². The molecule has 0 atom stereocenters. The van der Waals surface area contributed by atoms with E-state index in [-0.39, 0.29) is 20.0 Å². The second-order valence-corrected chi connectivity index (χ2v) is 3.51. The minimum atomic E-state index is -2.68. The summed E-state index contributed by atoms with van der Waals surface area (Å²) in [7, 11) is 0. The summed E-state index contributed by atoms with van der Waals surface area (Å²) in [6, 6.07) is 2.68. The van der Waals surface area contributed by atoms with Gasteiger partial charge in [-0.2, -0.15) is 5.26 Å². The summed E-state index contributed by atoms with van der Waals surface area (Å²) in [5.74, 6) is 0. The number of alkyl halides is 2. The van der Waals surface area contributed by atoms with E-state index in [4.69, 9.17) is 16.9 Å². The van der Waals surface area contributed by atoms with Crippen LogP contribution in [0.25, 0.3) is 0 Å². The van der Waals surface area contributed by atoms with Crippen LogP contribution in [-0.2, 0) is 0 Å². The molecule has 0 aliphatic heterocycles. The zero-order chi connectivity index (χ0) is 10.0. The van der Waals surface area contributed by atoms with Gasteiger partial charge in [-0.15, -0.1) is 0 Å². The highest BCUT2D eigenvalue weighted by Crippen LogP contribution is 2.30. The molecule has 6 heteroatoms. The third kappa shape index (κ3) is 2.25. The van der Waals surface area contributed by atoms with Crippen molar-refractivity contribution in [2.45, 2.75) is 6.43 Å². The summed E-state index contributed by atoms with van der Waals surface area (Å²) in [6.45, 7) is 0. The molecule has 1 aromatic rings. The molecule has 0 aromatic carbocycles. The molecule has 1 heterocycles. The first-order valence-electron chi connectivity index (χ1n) is 3.10.